The van der Waals surface area contributed by atoms with Gasteiger partial charge in [0.2, 0.25) is 0 Å². The third kappa shape index (κ3) is 5.81. The third-order valence-corrected chi connectivity index (χ3v) is 4.12. The van der Waals surface area contributed by atoms with Crippen molar-refractivity contribution < 1.29 is 4.84 Å². The lowest BCUT2D eigenvalue weighted by atomic mass is 10.0. The van der Waals surface area contributed by atoms with Crippen LogP contribution in [0.25, 0.3) is 0 Å². The van der Waals surface area contributed by atoms with E-state index in [1.165, 1.54) is 24.0 Å². The van der Waals surface area contributed by atoms with Gasteiger partial charge in [0, 0.05) is 0 Å². The molecule has 0 bridgehead atoms. The third-order valence-electron chi connectivity index (χ3n) is 4.12. The predicted molar refractivity (Wildman–Crippen MR) is 97.0 cm³/mol. The second-order valence-electron chi connectivity index (χ2n) is 6.03. The number of nitrogens with one attached hydrogen (secondary N) is 1. The molecule has 0 aromatic heterocycles. The van der Waals surface area contributed by atoms with Crippen LogP contribution in [0, 0.1) is 0 Å². The molecular weight excluding hydrogens is 282 g/mol. The molecule has 0 unspecified atom stereocenters. The van der Waals surface area contributed by atoms with Gasteiger partial charge in [0.25, 0.3) is 0 Å². The lowest BCUT2D eigenvalue weighted by Gasteiger charge is -2.24. The summed E-state index contributed by atoms with van der Waals surface area (Å²) in [5.74, 6) is 0. The van der Waals surface area contributed by atoms with Gasteiger partial charge in [-0.3, -0.25) is 4.84 Å². The first kappa shape index (κ1) is 17.7. The fraction of sp³-hybridized carbons (Fsp3) is 0.429. The normalized spacial score (nSPS) is 13.7. The first-order valence-electron chi connectivity index (χ1n) is 8.86. The fourth-order valence-corrected chi connectivity index (χ4v) is 2.78. The maximum atomic E-state index is 6.13. The summed E-state index contributed by atoms with van der Waals surface area (Å²) in [5, 5.41) is 0. The second-order valence-corrected chi connectivity index (χ2v) is 6.03. The summed E-state index contributed by atoms with van der Waals surface area (Å²) in [4.78, 5) is 6.13. The molecular formula is C21H29NO. The van der Waals surface area contributed by atoms with Crippen molar-refractivity contribution >= 4 is 0 Å². The number of rotatable bonds is 10. The van der Waals surface area contributed by atoms with Gasteiger partial charge in [-0.15, -0.1) is 0 Å². The van der Waals surface area contributed by atoms with Crippen LogP contribution in [0.15, 0.2) is 60.7 Å². The Morgan fingerprint density at radius 2 is 1.39 bits per heavy atom. The molecule has 0 aliphatic heterocycles. The van der Waals surface area contributed by atoms with Gasteiger partial charge in [0.1, 0.15) is 6.10 Å². The Balaban J connectivity index is 2.03. The molecule has 124 valence electrons. The van der Waals surface area contributed by atoms with E-state index in [1.54, 1.807) is 0 Å². The molecule has 0 radical (unpaired) electrons. The number of hydrogen-bond donors (Lipinski definition) is 1. The molecule has 0 aliphatic carbocycles. The van der Waals surface area contributed by atoms with E-state index in [0.717, 1.165) is 19.3 Å². The van der Waals surface area contributed by atoms with Crippen molar-refractivity contribution in [2.75, 3.05) is 0 Å². The minimum absolute atomic E-state index is 0.106. The summed E-state index contributed by atoms with van der Waals surface area (Å²) < 4.78 is 0. The molecule has 2 nitrogen and oxygen atoms in total. The molecule has 2 aromatic carbocycles. The average molecular weight is 311 g/mol. The van der Waals surface area contributed by atoms with Crippen molar-refractivity contribution in [3.63, 3.8) is 0 Å². The highest BCUT2D eigenvalue weighted by molar-refractivity contribution is 5.19. The lowest BCUT2D eigenvalue weighted by Crippen LogP contribution is -2.24. The summed E-state index contributed by atoms with van der Waals surface area (Å²) in [7, 11) is 0. The van der Waals surface area contributed by atoms with Gasteiger partial charge in [0.05, 0.1) is 6.04 Å². The number of hydrogen-bond acceptors (Lipinski definition) is 2. The van der Waals surface area contributed by atoms with Crippen LogP contribution in [0.5, 0.6) is 0 Å². The molecule has 0 saturated carbocycles. The summed E-state index contributed by atoms with van der Waals surface area (Å²) in [6.45, 7) is 4.43. The number of benzene rings is 2. The Hall–Kier alpha value is -1.64. The van der Waals surface area contributed by atoms with E-state index in [2.05, 4.69) is 73.9 Å². The Morgan fingerprint density at radius 3 is 1.96 bits per heavy atom. The molecule has 23 heavy (non-hydrogen) atoms. The van der Waals surface area contributed by atoms with Gasteiger partial charge in [-0.05, 0) is 24.0 Å². The predicted octanol–water partition coefficient (Wildman–Crippen LogP) is 5.98. The fourth-order valence-electron chi connectivity index (χ4n) is 2.78. The maximum absolute atomic E-state index is 6.13. The van der Waals surface area contributed by atoms with E-state index in [9.17, 15) is 0 Å². The molecule has 0 spiro atoms. The zero-order chi connectivity index (χ0) is 16.3. The summed E-state index contributed by atoms with van der Waals surface area (Å²) in [6, 6.07) is 21.3. The monoisotopic (exact) mass is 311 g/mol. The molecule has 0 aliphatic rings. The van der Waals surface area contributed by atoms with E-state index in [4.69, 9.17) is 4.84 Å². The van der Waals surface area contributed by atoms with E-state index in [1.807, 2.05) is 6.07 Å². The Kier molecular flexibility index (Phi) is 7.85. The summed E-state index contributed by atoms with van der Waals surface area (Å²) in [6.07, 6.45) is 5.71. The van der Waals surface area contributed by atoms with Crippen LogP contribution in [-0.2, 0) is 4.84 Å². The molecule has 2 rings (SSSR count). The zero-order valence-electron chi connectivity index (χ0n) is 14.4. The van der Waals surface area contributed by atoms with E-state index in [-0.39, 0.29) is 12.1 Å². The van der Waals surface area contributed by atoms with Crippen LogP contribution in [0.4, 0.5) is 0 Å². The largest absolute Gasteiger partial charge is 0.293 e. The molecule has 0 saturated heterocycles. The van der Waals surface area contributed by atoms with Gasteiger partial charge in [-0.2, -0.15) is 5.48 Å². The molecule has 2 heteroatoms. The highest BCUT2D eigenvalue weighted by Crippen LogP contribution is 2.25. The van der Waals surface area contributed by atoms with Crippen molar-refractivity contribution in [1.82, 2.24) is 5.48 Å². The van der Waals surface area contributed by atoms with Gasteiger partial charge >= 0.3 is 0 Å². The Bertz CT molecular complexity index is 526. The second kappa shape index (κ2) is 10.2. The molecule has 2 atom stereocenters. The van der Waals surface area contributed by atoms with Crippen molar-refractivity contribution in [2.24, 2.45) is 0 Å². The van der Waals surface area contributed by atoms with E-state index >= 15 is 0 Å². The maximum Gasteiger partial charge on any atom is 0.104 e. The molecule has 0 fully saturated rings. The minimum atomic E-state index is 0.106. The molecule has 0 heterocycles. The number of hydroxylamine groups is 1. The lowest BCUT2D eigenvalue weighted by molar-refractivity contribution is -0.0524. The van der Waals surface area contributed by atoms with Gasteiger partial charge in [-0.1, -0.05) is 93.8 Å². The van der Waals surface area contributed by atoms with Crippen LogP contribution in [0.3, 0.4) is 0 Å². The van der Waals surface area contributed by atoms with Crippen molar-refractivity contribution in [1.29, 1.82) is 0 Å². The van der Waals surface area contributed by atoms with Crippen LogP contribution in [0.1, 0.15) is 69.2 Å². The SMILES string of the molecule is CCCC[C@H](NO[C@@H](CCC)c1ccccc1)c1ccccc1. The smallest absolute Gasteiger partial charge is 0.104 e. The highest BCUT2D eigenvalue weighted by Gasteiger charge is 2.16. The summed E-state index contributed by atoms with van der Waals surface area (Å²) in [5.41, 5.74) is 5.89. The Labute approximate surface area is 140 Å². The van der Waals surface area contributed by atoms with Gasteiger partial charge in [-0.25, -0.2) is 0 Å². The quantitative estimate of drug-likeness (QED) is 0.545. The molecule has 0 amide bonds. The number of unbranched alkanes of at least 4 members (excludes halogenated alkanes) is 1. The van der Waals surface area contributed by atoms with Crippen LogP contribution in [-0.4, -0.2) is 0 Å². The van der Waals surface area contributed by atoms with Crippen molar-refractivity contribution in [3.05, 3.63) is 71.8 Å². The topological polar surface area (TPSA) is 21.3 Å². The minimum Gasteiger partial charge on any atom is -0.293 e. The average Bonchev–Trinajstić information content (AvgIpc) is 2.62. The van der Waals surface area contributed by atoms with E-state index < -0.39 is 0 Å². The standard InChI is InChI=1S/C21H29NO/c1-3-5-17-20(18-13-8-6-9-14-18)22-23-21(12-4-2)19-15-10-7-11-16-19/h6-11,13-16,20-22H,3-5,12,17H2,1-2H3/t20-,21-/m0/s1. The molecule has 2 aromatic rings. The first-order valence-corrected chi connectivity index (χ1v) is 8.86. The zero-order valence-corrected chi connectivity index (χ0v) is 14.4. The van der Waals surface area contributed by atoms with Crippen molar-refractivity contribution in [3.8, 4) is 0 Å². The first-order chi connectivity index (χ1) is 11.3. The van der Waals surface area contributed by atoms with E-state index in [0.29, 0.717) is 0 Å². The van der Waals surface area contributed by atoms with Crippen LogP contribution < -0.4 is 5.48 Å². The molecule has 1 N–H and O–H groups in total. The van der Waals surface area contributed by atoms with Crippen LogP contribution in [0.2, 0.25) is 0 Å². The van der Waals surface area contributed by atoms with Gasteiger partial charge < -0.3 is 0 Å². The van der Waals surface area contributed by atoms with Gasteiger partial charge in [0.15, 0.2) is 0 Å². The van der Waals surface area contributed by atoms with Crippen LogP contribution >= 0.6 is 0 Å². The van der Waals surface area contributed by atoms with Crippen molar-refractivity contribution in [2.45, 2.75) is 58.1 Å². The Morgan fingerprint density at radius 1 is 0.783 bits per heavy atom. The highest BCUT2D eigenvalue weighted by atomic mass is 16.7. The summed E-state index contributed by atoms with van der Waals surface area (Å²) >= 11 is 0.